The lowest BCUT2D eigenvalue weighted by Gasteiger charge is -2.29. The Morgan fingerprint density at radius 1 is 1.14 bits per heavy atom. The number of nitro benzene ring substituents is 1. The quantitative estimate of drug-likeness (QED) is 0.170. The number of carbonyl (C=O) groups is 2. The van der Waals surface area contributed by atoms with E-state index in [1.807, 2.05) is 6.92 Å². The highest BCUT2D eigenvalue weighted by Crippen LogP contribution is 2.40. The smallest absolute Gasteiger partial charge is 0.295 e. The maximum Gasteiger partial charge on any atom is 0.295 e. The molecule has 2 aromatic carbocycles. The van der Waals surface area contributed by atoms with Gasteiger partial charge in [-0.15, -0.1) is 0 Å². The zero-order valence-electron chi connectivity index (χ0n) is 20.8. The molecule has 2 aliphatic rings. The highest BCUT2D eigenvalue weighted by atomic mass is 16.6. The van der Waals surface area contributed by atoms with Crippen LogP contribution in [0.3, 0.4) is 0 Å². The highest BCUT2D eigenvalue weighted by molar-refractivity contribution is 6.46. The summed E-state index contributed by atoms with van der Waals surface area (Å²) < 4.78 is 11.0. The molecule has 2 heterocycles. The average molecular weight is 510 g/mol. The molecule has 0 aliphatic carbocycles. The minimum atomic E-state index is -0.870. The van der Waals surface area contributed by atoms with Gasteiger partial charge in [0.05, 0.1) is 36.4 Å². The van der Waals surface area contributed by atoms with E-state index in [0.29, 0.717) is 49.7 Å². The zero-order chi connectivity index (χ0) is 26.4. The summed E-state index contributed by atoms with van der Waals surface area (Å²) in [5.74, 6) is -1.26. The van der Waals surface area contributed by atoms with Crippen molar-refractivity contribution in [2.24, 2.45) is 0 Å². The number of rotatable bonds is 10. The number of aliphatic hydroxyl groups is 1. The fourth-order valence-electron chi connectivity index (χ4n) is 4.63. The molecule has 37 heavy (non-hydrogen) atoms. The van der Waals surface area contributed by atoms with E-state index in [1.54, 1.807) is 24.3 Å². The molecule has 196 valence electrons. The van der Waals surface area contributed by atoms with Gasteiger partial charge in [0.25, 0.3) is 17.4 Å². The summed E-state index contributed by atoms with van der Waals surface area (Å²) in [4.78, 5) is 40.8. The second-order valence-corrected chi connectivity index (χ2v) is 9.02. The topological polar surface area (TPSA) is 122 Å². The first-order chi connectivity index (χ1) is 17.9. The molecule has 1 N–H and O–H groups in total. The monoisotopic (exact) mass is 509 g/mol. The SMILES string of the molecule is CCCOc1cccc(C(O)=C2C(=O)C(=O)N(CCCN3CCOCC3)C2c2ccc([N+](=O)[O-])cc2)c1. The van der Waals surface area contributed by atoms with Gasteiger partial charge in [0.1, 0.15) is 11.5 Å². The van der Waals surface area contributed by atoms with E-state index in [0.717, 1.165) is 26.1 Å². The van der Waals surface area contributed by atoms with Crippen molar-refractivity contribution in [1.82, 2.24) is 9.80 Å². The first kappa shape index (κ1) is 26.3. The van der Waals surface area contributed by atoms with Crippen LogP contribution in [-0.2, 0) is 14.3 Å². The fraction of sp³-hybridized carbons (Fsp3) is 0.407. The van der Waals surface area contributed by atoms with Crippen molar-refractivity contribution < 1.29 is 29.1 Å². The van der Waals surface area contributed by atoms with E-state index in [4.69, 9.17) is 9.47 Å². The third kappa shape index (κ3) is 5.98. The van der Waals surface area contributed by atoms with Crippen molar-refractivity contribution >= 4 is 23.1 Å². The number of nitrogens with zero attached hydrogens (tertiary/aromatic N) is 3. The molecular weight excluding hydrogens is 478 g/mol. The Bertz CT molecular complexity index is 1170. The summed E-state index contributed by atoms with van der Waals surface area (Å²) in [6, 6.07) is 11.6. The average Bonchev–Trinajstić information content (AvgIpc) is 3.17. The Morgan fingerprint density at radius 3 is 2.54 bits per heavy atom. The van der Waals surface area contributed by atoms with Gasteiger partial charge >= 0.3 is 0 Å². The number of ketones is 1. The van der Waals surface area contributed by atoms with Gasteiger partial charge in [-0.1, -0.05) is 19.1 Å². The molecular formula is C27H31N3O7. The van der Waals surface area contributed by atoms with Crippen LogP contribution in [0.5, 0.6) is 5.75 Å². The lowest BCUT2D eigenvalue weighted by atomic mass is 9.95. The van der Waals surface area contributed by atoms with Crippen LogP contribution >= 0.6 is 0 Å². The highest BCUT2D eigenvalue weighted by Gasteiger charge is 2.46. The number of amides is 1. The number of ether oxygens (including phenoxy) is 2. The molecule has 2 aliphatic heterocycles. The molecule has 0 bridgehead atoms. The number of benzene rings is 2. The van der Waals surface area contributed by atoms with E-state index in [9.17, 15) is 24.8 Å². The van der Waals surface area contributed by atoms with E-state index in [-0.39, 0.29) is 17.0 Å². The summed E-state index contributed by atoms with van der Waals surface area (Å²) in [5.41, 5.74) is 0.717. The van der Waals surface area contributed by atoms with Crippen molar-refractivity contribution in [1.29, 1.82) is 0 Å². The second kappa shape index (κ2) is 12.0. The number of likely N-dealkylation sites (tertiary alicyclic amines) is 1. The summed E-state index contributed by atoms with van der Waals surface area (Å²) in [6.45, 7) is 6.44. The Morgan fingerprint density at radius 2 is 1.86 bits per heavy atom. The van der Waals surface area contributed by atoms with Gasteiger partial charge in [-0.2, -0.15) is 0 Å². The van der Waals surface area contributed by atoms with Crippen LogP contribution in [0.4, 0.5) is 5.69 Å². The van der Waals surface area contributed by atoms with Crippen LogP contribution in [0.2, 0.25) is 0 Å². The molecule has 1 atom stereocenters. The molecule has 2 fully saturated rings. The van der Waals surface area contributed by atoms with E-state index >= 15 is 0 Å². The third-order valence-electron chi connectivity index (χ3n) is 6.52. The summed E-state index contributed by atoms with van der Waals surface area (Å²) >= 11 is 0. The molecule has 1 amide bonds. The second-order valence-electron chi connectivity index (χ2n) is 9.02. The molecule has 0 spiro atoms. The number of aliphatic hydroxyl groups excluding tert-OH is 1. The van der Waals surface area contributed by atoms with Crippen molar-refractivity contribution in [3.8, 4) is 5.75 Å². The normalized spacial score (nSPS) is 19.8. The maximum atomic E-state index is 13.2. The number of nitro groups is 1. The lowest BCUT2D eigenvalue weighted by Crippen LogP contribution is -2.38. The number of carbonyl (C=O) groups excluding carboxylic acids is 2. The standard InChI is InChI=1S/C27H31N3O7/c1-2-15-37-22-6-3-5-20(18-22)25(31)23-24(19-7-9-21(10-8-19)30(34)35)29(27(33)26(23)32)12-4-11-28-13-16-36-17-14-28/h3,5-10,18,24,31H,2,4,11-17H2,1H3. The predicted octanol–water partition coefficient (Wildman–Crippen LogP) is 3.53. The largest absolute Gasteiger partial charge is 0.507 e. The van der Waals surface area contributed by atoms with Crippen molar-refractivity contribution in [2.75, 3.05) is 46.0 Å². The van der Waals surface area contributed by atoms with Gasteiger partial charge in [0.15, 0.2) is 0 Å². The lowest BCUT2D eigenvalue weighted by molar-refractivity contribution is -0.384. The fourth-order valence-corrected chi connectivity index (χ4v) is 4.63. The molecule has 0 radical (unpaired) electrons. The van der Waals surface area contributed by atoms with E-state index < -0.39 is 22.7 Å². The van der Waals surface area contributed by atoms with Gasteiger partial charge in [-0.25, -0.2) is 0 Å². The maximum absolute atomic E-state index is 13.2. The van der Waals surface area contributed by atoms with Crippen molar-refractivity contribution in [3.05, 3.63) is 75.3 Å². The van der Waals surface area contributed by atoms with Crippen molar-refractivity contribution in [2.45, 2.75) is 25.8 Å². The number of non-ortho nitro benzene ring substituents is 1. The van der Waals surface area contributed by atoms with Crippen LogP contribution in [0.25, 0.3) is 5.76 Å². The molecule has 10 nitrogen and oxygen atoms in total. The number of Topliss-reactive ketones (excluding diaryl/α,β-unsaturated/α-hetero) is 1. The van der Waals surface area contributed by atoms with Crippen LogP contribution < -0.4 is 4.74 Å². The van der Waals surface area contributed by atoms with Gasteiger partial charge < -0.3 is 19.5 Å². The molecule has 0 aromatic heterocycles. The molecule has 4 rings (SSSR count). The summed E-state index contributed by atoms with van der Waals surface area (Å²) in [5, 5.41) is 22.4. The van der Waals surface area contributed by atoms with Gasteiger partial charge in [-0.3, -0.25) is 24.6 Å². The Hall–Kier alpha value is -3.76. The van der Waals surface area contributed by atoms with Gasteiger partial charge in [-0.05, 0) is 42.7 Å². The molecule has 1 unspecified atom stereocenters. The summed E-state index contributed by atoms with van der Waals surface area (Å²) in [7, 11) is 0. The Labute approximate surface area is 215 Å². The minimum Gasteiger partial charge on any atom is -0.507 e. The van der Waals surface area contributed by atoms with Gasteiger partial charge in [0.2, 0.25) is 0 Å². The molecule has 2 aromatic rings. The number of hydrogen-bond acceptors (Lipinski definition) is 8. The Balaban J connectivity index is 1.68. The van der Waals surface area contributed by atoms with Crippen LogP contribution in [0, 0.1) is 10.1 Å². The molecule has 2 saturated heterocycles. The van der Waals surface area contributed by atoms with Crippen LogP contribution in [0.1, 0.15) is 36.9 Å². The van der Waals surface area contributed by atoms with E-state index in [2.05, 4.69) is 4.90 Å². The minimum absolute atomic E-state index is 0.0436. The van der Waals surface area contributed by atoms with E-state index in [1.165, 1.54) is 29.2 Å². The third-order valence-corrected chi connectivity index (χ3v) is 6.52. The first-order valence-electron chi connectivity index (χ1n) is 12.5. The Kier molecular flexibility index (Phi) is 8.52. The zero-order valence-corrected chi connectivity index (χ0v) is 20.8. The predicted molar refractivity (Wildman–Crippen MR) is 136 cm³/mol. The summed E-state index contributed by atoms with van der Waals surface area (Å²) in [6.07, 6.45) is 1.43. The molecule has 10 heteroatoms. The van der Waals surface area contributed by atoms with Gasteiger partial charge in [0, 0.05) is 43.9 Å². The first-order valence-corrected chi connectivity index (χ1v) is 12.5. The molecule has 0 saturated carbocycles. The van der Waals surface area contributed by atoms with Crippen molar-refractivity contribution in [3.63, 3.8) is 0 Å². The van der Waals surface area contributed by atoms with Crippen LogP contribution in [0.15, 0.2) is 54.1 Å². The van der Waals surface area contributed by atoms with Crippen LogP contribution in [-0.4, -0.2) is 77.5 Å². The number of hydrogen-bond donors (Lipinski definition) is 1. The number of morpholine rings is 1.